The predicted octanol–water partition coefficient (Wildman–Crippen LogP) is 2.38. The number of carboxylic acids is 1. The summed E-state index contributed by atoms with van der Waals surface area (Å²) in [6, 6.07) is 3.80. The standard InChI is InChI=1S/C12H13BrFNO3/c1-7(12(17)18)6-15(2)11(16)9-5-8(14)3-4-10(9)13/h3-5,7H,6H2,1-2H3,(H,17,18). The highest BCUT2D eigenvalue weighted by molar-refractivity contribution is 9.10. The first-order chi connectivity index (χ1) is 8.32. The van der Waals surface area contributed by atoms with Gasteiger partial charge in [0.25, 0.3) is 5.91 Å². The molecular weight excluding hydrogens is 305 g/mol. The first kappa shape index (κ1) is 14.6. The molecule has 1 atom stereocenters. The van der Waals surface area contributed by atoms with Gasteiger partial charge in [-0.25, -0.2) is 4.39 Å². The molecule has 0 saturated carbocycles. The molecule has 98 valence electrons. The second-order valence-electron chi connectivity index (χ2n) is 4.05. The molecule has 0 aliphatic rings. The van der Waals surface area contributed by atoms with E-state index in [0.29, 0.717) is 4.47 Å². The fourth-order valence-corrected chi connectivity index (χ4v) is 1.86. The van der Waals surface area contributed by atoms with Crippen molar-refractivity contribution in [3.8, 4) is 0 Å². The van der Waals surface area contributed by atoms with Gasteiger partial charge in [-0.15, -0.1) is 0 Å². The average molecular weight is 318 g/mol. The summed E-state index contributed by atoms with van der Waals surface area (Å²) in [7, 11) is 1.49. The molecule has 1 aromatic rings. The van der Waals surface area contributed by atoms with Gasteiger partial charge in [0.1, 0.15) is 5.82 Å². The van der Waals surface area contributed by atoms with E-state index in [-0.39, 0.29) is 12.1 Å². The van der Waals surface area contributed by atoms with Crippen LogP contribution in [0.25, 0.3) is 0 Å². The van der Waals surface area contributed by atoms with Crippen molar-refractivity contribution in [3.63, 3.8) is 0 Å². The summed E-state index contributed by atoms with van der Waals surface area (Å²) in [6.45, 7) is 1.57. The number of rotatable bonds is 4. The maximum absolute atomic E-state index is 13.1. The summed E-state index contributed by atoms with van der Waals surface area (Å²) < 4.78 is 13.6. The van der Waals surface area contributed by atoms with E-state index in [1.807, 2.05) is 0 Å². The van der Waals surface area contributed by atoms with Crippen molar-refractivity contribution in [1.82, 2.24) is 4.90 Å². The molecule has 1 N–H and O–H groups in total. The van der Waals surface area contributed by atoms with Crippen molar-refractivity contribution in [2.45, 2.75) is 6.92 Å². The normalized spacial score (nSPS) is 12.0. The third-order valence-electron chi connectivity index (χ3n) is 2.47. The number of hydrogen-bond acceptors (Lipinski definition) is 2. The van der Waals surface area contributed by atoms with Gasteiger partial charge in [0, 0.05) is 18.1 Å². The van der Waals surface area contributed by atoms with Crippen LogP contribution in [0, 0.1) is 11.7 Å². The quantitative estimate of drug-likeness (QED) is 0.927. The Bertz CT molecular complexity index is 478. The monoisotopic (exact) mass is 317 g/mol. The van der Waals surface area contributed by atoms with Crippen molar-refractivity contribution in [2.24, 2.45) is 5.92 Å². The summed E-state index contributed by atoms with van der Waals surface area (Å²) in [5.74, 6) is -2.59. The number of benzene rings is 1. The molecule has 1 aromatic carbocycles. The van der Waals surface area contributed by atoms with Crippen LogP contribution in [0.1, 0.15) is 17.3 Å². The maximum atomic E-state index is 13.1. The Kier molecular flexibility index (Phi) is 4.84. The molecule has 0 fully saturated rings. The molecule has 0 aliphatic carbocycles. The summed E-state index contributed by atoms with van der Waals surface area (Å²) in [4.78, 5) is 24.0. The van der Waals surface area contributed by atoms with E-state index in [9.17, 15) is 14.0 Å². The highest BCUT2D eigenvalue weighted by Gasteiger charge is 2.20. The lowest BCUT2D eigenvalue weighted by atomic mass is 10.1. The van der Waals surface area contributed by atoms with Gasteiger partial charge in [-0.05, 0) is 34.1 Å². The topological polar surface area (TPSA) is 57.6 Å². The molecule has 0 aliphatic heterocycles. The molecule has 0 aromatic heterocycles. The van der Waals surface area contributed by atoms with Crippen LogP contribution in [0.5, 0.6) is 0 Å². The van der Waals surface area contributed by atoms with Gasteiger partial charge in [-0.3, -0.25) is 9.59 Å². The molecule has 0 spiro atoms. The average Bonchev–Trinajstić information content (AvgIpc) is 2.31. The number of carbonyl (C=O) groups is 2. The van der Waals surface area contributed by atoms with E-state index in [1.165, 1.54) is 31.0 Å². The number of carbonyl (C=O) groups excluding carboxylic acids is 1. The van der Waals surface area contributed by atoms with E-state index in [0.717, 1.165) is 6.07 Å². The molecule has 0 saturated heterocycles. The molecule has 0 bridgehead atoms. The van der Waals surface area contributed by atoms with Gasteiger partial charge in [0.15, 0.2) is 0 Å². The zero-order valence-electron chi connectivity index (χ0n) is 9.98. The minimum Gasteiger partial charge on any atom is -0.481 e. The first-order valence-corrected chi connectivity index (χ1v) is 6.05. The van der Waals surface area contributed by atoms with Gasteiger partial charge in [0.05, 0.1) is 11.5 Å². The van der Waals surface area contributed by atoms with E-state index < -0.39 is 23.6 Å². The number of nitrogens with zero attached hydrogens (tertiary/aromatic N) is 1. The van der Waals surface area contributed by atoms with Gasteiger partial charge in [-0.2, -0.15) is 0 Å². The molecule has 6 heteroatoms. The number of carboxylic acid groups (broad SMARTS) is 1. The van der Waals surface area contributed by atoms with E-state index in [4.69, 9.17) is 5.11 Å². The number of amides is 1. The highest BCUT2D eigenvalue weighted by Crippen LogP contribution is 2.19. The second kappa shape index (κ2) is 5.95. The minimum absolute atomic E-state index is 0.0666. The lowest BCUT2D eigenvalue weighted by Crippen LogP contribution is -2.33. The SMILES string of the molecule is CC(CN(C)C(=O)c1cc(F)ccc1Br)C(=O)O. The van der Waals surface area contributed by atoms with Crippen LogP contribution in [0.15, 0.2) is 22.7 Å². The van der Waals surface area contributed by atoms with Crippen molar-refractivity contribution >= 4 is 27.8 Å². The van der Waals surface area contributed by atoms with Gasteiger partial charge >= 0.3 is 5.97 Å². The van der Waals surface area contributed by atoms with E-state index in [1.54, 1.807) is 0 Å². The van der Waals surface area contributed by atoms with Crippen LogP contribution in [0.3, 0.4) is 0 Å². The molecule has 1 unspecified atom stereocenters. The zero-order valence-corrected chi connectivity index (χ0v) is 11.6. The Labute approximate surface area is 113 Å². The lowest BCUT2D eigenvalue weighted by molar-refractivity contribution is -0.141. The number of halogens is 2. The van der Waals surface area contributed by atoms with Crippen LogP contribution in [-0.2, 0) is 4.79 Å². The molecular formula is C12H13BrFNO3. The summed E-state index contributed by atoms with van der Waals surface area (Å²) >= 11 is 3.16. The highest BCUT2D eigenvalue weighted by atomic mass is 79.9. The fraction of sp³-hybridized carbons (Fsp3) is 0.333. The molecule has 0 radical (unpaired) electrons. The Morgan fingerprint density at radius 3 is 2.67 bits per heavy atom. The van der Waals surface area contributed by atoms with E-state index in [2.05, 4.69) is 15.9 Å². The van der Waals surface area contributed by atoms with Gasteiger partial charge < -0.3 is 10.0 Å². The fourth-order valence-electron chi connectivity index (χ4n) is 1.44. The van der Waals surface area contributed by atoms with Crippen molar-refractivity contribution < 1.29 is 19.1 Å². The third kappa shape index (κ3) is 3.53. The van der Waals surface area contributed by atoms with Crippen LogP contribution in [0.4, 0.5) is 4.39 Å². The van der Waals surface area contributed by atoms with Crippen LogP contribution >= 0.6 is 15.9 Å². The molecule has 0 heterocycles. The Hall–Kier alpha value is -1.43. The summed E-state index contributed by atoms with van der Waals surface area (Å²) in [5.41, 5.74) is 0.176. The molecule has 1 rings (SSSR count). The van der Waals surface area contributed by atoms with Crippen LogP contribution in [-0.4, -0.2) is 35.5 Å². The minimum atomic E-state index is -0.979. The van der Waals surface area contributed by atoms with Gasteiger partial charge in [0.2, 0.25) is 0 Å². The molecule has 18 heavy (non-hydrogen) atoms. The second-order valence-corrected chi connectivity index (χ2v) is 4.90. The van der Waals surface area contributed by atoms with Gasteiger partial charge in [-0.1, -0.05) is 6.92 Å². The third-order valence-corrected chi connectivity index (χ3v) is 3.17. The maximum Gasteiger partial charge on any atom is 0.308 e. The van der Waals surface area contributed by atoms with Crippen molar-refractivity contribution in [1.29, 1.82) is 0 Å². The predicted molar refractivity (Wildman–Crippen MR) is 67.9 cm³/mol. The Morgan fingerprint density at radius 2 is 2.11 bits per heavy atom. The largest absolute Gasteiger partial charge is 0.481 e. The first-order valence-electron chi connectivity index (χ1n) is 5.26. The van der Waals surface area contributed by atoms with Crippen LogP contribution < -0.4 is 0 Å². The Morgan fingerprint density at radius 1 is 1.50 bits per heavy atom. The summed E-state index contributed by atoms with van der Waals surface area (Å²) in [5, 5.41) is 8.77. The lowest BCUT2D eigenvalue weighted by Gasteiger charge is -2.20. The van der Waals surface area contributed by atoms with Crippen LogP contribution in [0.2, 0.25) is 0 Å². The number of aliphatic carboxylic acids is 1. The van der Waals surface area contributed by atoms with E-state index >= 15 is 0 Å². The van der Waals surface area contributed by atoms with Crippen molar-refractivity contribution in [3.05, 3.63) is 34.1 Å². The molecule has 4 nitrogen and oxygen atoms in total. The zero-order chi connectivity index (χ0) is 13.9. The van der Waals surface area contributed by atoms with Crippen molar-refractivity contribution in [2.75, 3.05) is 13.6 Å². The summed E-state index contributed by atoms with van der Waals surface area (Å²) in [6.07, 6.45) is 0. The molecule has 1 amide bonds. The number of hydrogen-bond donors (Lipinski definition) is 1. The smallest absolute Gasteiger partial charge is 0.308 e. The Balaban J connectivity index is 2.86.